The van der Waals surface area contributed by atoms with Crippen molar-refractivity contribution in [3.63, 3.8) is 0 Å². The number of anilines is 2. The maximum atomic E-state index is 12.4. The van der Waals surface area contributed by atoms with Crippen molar-refractivity contribution in [3.05, 3.63) is 24.2 Å². The Balaban J connectivity index is 1.70. The van der Waals surface area contributed by atoms with Crippen LogP contribution in [0.3, 0.4) is 0 Å². The van der Waals surface area contributed by atoms with E-state index in [0.717, 1.165) is 12.8 Å². The van der Waals surface area contributed by atoms with Gasteiger partial charge in [0.1, 0.15) is 11.6 Å². The zero-order chi connectivity index (χ0) is 17.9. The Labute approximate surface area is 148 Å². The number of nitrogens with one attached hydrogen (secondary N) is 2. The molecule has 0 aliphatic carbocycles. The van der Waals surface area contributed by atoms with Gasteiger partial charge in [-0.15, -0.1) is 10.2 Å². The summed E-state index contributed by atoms with van der Waals surface area (Å²) in [6, 6.07) is 5.54. The maximum Gasteiger partial charge on any atom is 0.231 e. The zero-order valence-corrected chi connectivity index (χ0v) is 13.7. The molecule has 2 aromatic rings. The van der Waals surface area contributed by atoms with Gasteiger partial charge in [-0.1, -0.05) is 0 Å². The van der Waals surface area contributed by atoms with Crippen LogP contribution in [0.4, 0.5) is 11.4 Å². The summed E-state index contributed by atoms with van der Waals surface area (Å²) in [7, 11) is 0. The third-order valence-electron chi connectivity index (χ3n) is 4.18. The predicted molar refractivity (Wildman–Crippen MR) is 90.2 cm³/mol. The standard InChI is InChI=1S/C16H15N7O3/c17-7-10(16-19-21-22-20-16)8-18-11-5-13-14(26-9-25-13)6-12(11)23-4-2-1-3-15(23)24/h5-6,8,18H,1-4,9H2,(H,19,20,21,22). The fourth-order valence-corrected chi connectivity index (χ4v) is 2.90. The molecule has 2 N–H and O–H groups in total. The lowest BCUT2D eigenvalue weighted by atomic mass is 10.1. The molecule has 0 saturated carbocycles. The molecule has 26 heavy (non-hydrogen) atoms. The second-order valence-corrected chi connectivity index (χ2v) is 5.77. The highest BCUT2D eigenvalue weighted by molar-refractivity contribution is 5.98. The molecular weight excluding hydrogens is 338 g/mol. The van der Waals surface area contributed by atoms with E-state index in [4.69, 9.17) is 9.47 Å². The molecule has 0 atom stereocenters. The maximum absolute atomic E-state index is 12.4. The predicted octanol–water partition coefficient (Wildman–Crippen LogP) is 1.42. The first-order chi connectivity index (χ1) is 12.8. The quantitative estimate of drug-likeness (QED) is 0.790. The lowest BCUT2D eigenvalue weighted by Crippen LogP contribution is -2.35. The Kier molecular flexibility index (Phi) is 4.10. The van der Waals surface area contributed by atoms with Gasteiger partial charge >= 0.3 is 0 Å². The molecule has 1 aromatic heterocycles. The van der Waals surface area contributed by atoms with E-state index in [9.17, 15) is 10.1 Å². The number of rotatable bonds is 4. The summed E-state index contributed by atoms with van der Waals surface area (Å²) in [5.74, 6) is 1.40. The average Bonchev–Trinajstić information content (AvgIpc) is 3.33. The van der Waals surface area contributed by atoms with Gasteiger partial charge in [-0.05, 0) is 18.1 Å². The van der Waals surface area contributed by atoms with Crippen LogP contribution in [-0.2, 0) is 4.79 Å². The van der Waals surface area contributed by atoms with E-state index in [1.807, 2.05) is 6.07 Å². The summed E-state index contributed by atoms with van der Waals surface area (Å²) >= 11 is 0. The Morgan fingerprint density at radius 3 is 2.92 bits per heavy atom. The number of tetrazole rings is 1. The number of hydrogen-bond donors (Lipinski definition) is 2. The molecule has 1 amide bonds. The zero-order valence-electron chi connectivity index (χ0n) is 13.7. The van der Waals surface area contributed by atoms with E-state index in [1.54, 1.807) is 17.0 Å². The molecule has 0 spiro atoms. The highest BCUT2D eigenvalue weighted by Gasteiger charge is 2.25. The van der Waals surface area contributed by atoms with E-state index in [1.165, 1.54) is 6.20 Å². The molecule has 4 rings (SSSR count). The molecule has 0 unspecified atom stereocenters. The van der Waals surface area contributed by atoms with Crippen molar-refractivity contribution in [2.75, 3.05) is 23.6 Å². The summed E-state index contributed by atoms with van der Waals surface area (Å²) < 4.78 is 10.9. The number of H-pyrrole nitrogens is 1. The van der Waals surface area contributed by atoms with Crippen molar-refractivity contribution in [1.29, 1.82) is 5.26 Å². The number of ether oxygens (including phenoxy) is 2. The van der Waals surface area contributed by atoms with Crippen LogP contribution >= 0.6 is 0 Å². The first kappa shape index (κ1) is 15.9. The molecule has 10 heteroatoms. The number of aromatic amines is 1. The van der Waals surface area contributed by atoms with Crippen molar-refractivity contribution in [1.82, 2.24) is 20.6 Å². The Bertz CT molecular complexity index is 901. The van der Waals surface area contributed by atoms with Crippen LogP contribution in [0.5, 0.6) is 11.5 Å². The number of hydrogen-bond acceptors (Lipinski definition) is 8. The molecule has 1 saturated heterocycles. The molecule has 10 nitrogen and oxygen atoms in total. The first-order valence-electron chi connectivity index (χ1n) is 8.11. The lowest BCUT2D eigenvalue weighted by molar-refractivity contribution is -0.119. The molecule has 2 aliphatic rings. The minimum atomic E-state index is 0.0563. The number of piperidine rings is 1. The molecular formula is C16H15N7O3. The van der Waals surface area contributed by atoms with E-state index in [0.29, 0.717) is 35.8 Å². The molecule has 0 radical (unpaired) electrons. The van der Waals surface area contributed by atoms with Crippen LogP contribution in [0, 0.1) is 11.3 Å². The third kappa shape index (κ3) is 2.90. The monoisotopic (exact) mass is 353 g/mol. The van der Waals surface area contributed by atoms with Crippen molar-refractivity contribution in [2.24, 2.45) is 0 Å². The van der Waals surface area contributed by atoms with Crippen molar-refractivity contribution in [3.8, 4) is 17.6 Å². The van der Waals surface area contributed by atoms with Crippen molar-refractivity contribution >= 4 is 22.9 Å². The number of aromatic nitrogens is 4. The third-order valence-corrected chi connectivity index (χ3v) is 4.18. The number of fused-ring (bicyclic) bond motifs is 1. The van der Waals surface area contributed by atoms with Gasteiger partial charge in [0.25, 0.3) is 0 Å². The van der Waals surface area contributed by atoms with Gasteiger partial charge in [0.2, 0.25) is 18.5 Å². The number of benzene rings is 1. The Morgan fingerprint density at radius 2 is 2.19 bits per heavy atom. The Hall–Kier alpha value is -3.61. The SMILES string of the molecule is N#CC(=CNc1cc2c(cc1N1CCCCC1=O)OCO2)c1nn[nH]n1. The summed E-state index contributed by atoms with van der Waals surface area (Å²) in [5.41, 5.74) is 1.51. The fraction of sp³-hybridized carbons (Fsp3) is 0.312. The van der Waals surface area contributed by atoms with E-state index >= 15 is 0 Å². The van der Waals surface area contributed by atoms with Crippen molar-refractivity contribution < 1.29 is 14.3 Å². The van der Waals surface area contributed by atoms with Gasteiger partial charge in [0, 0.05) is 31.3 Å². The summed E-state index contributed by atoms with van der Waals surface area (Å²) in [5, 5.41) is 25.7. The second kappa shape index (κ2) is 6.72. The lowest BCUT2D eigenvalue weighted by Gasteiger charge is -2.28. The topological polar surface area (TPSA) is 129 Å². The molecule has 2 aliphatic heterocycles. The van der Waals surface area contributed by atoms with Crippen molar-refractivity contribution in [2.45, 2.75) is 19.3 Å². The number of nitrogens with zero attached hydrogens (tertiary/aromatic N) is 5. The summed E-state index contributed by atoms with van der Waals surface area (Å²) in [4.78, 5) is 14.1. The van der Waals surface area contributed by atoms with E-state index in [2.05, 4.69) is 25.9 Å². The minimum Gasteiger partial charge on any atom is -0.454 e. The molecule has 1 aromatic carbocycles. The van der Waals surface area contributed by atoms with Crippen LogP contribution in [0.15, 0.2) is 18.3 Å². The van der Waals surface area contributed by atoms with Crippen LogP contribution in [-0.4, -0.2) is 39.9 Å². The summed E-state index contributed by atoms with van der Waals surface area (Å²) in [6.07, 6.45) is 3.80. The van der Waals surface area contributed by atoms with Crippen LogP contribution < -0.4 is 19.7 Å². The fourth-order valence-electron chi connectivity index (χ4n) is 2.90. The van der Waals surface area contributed by atoms with E-state index in [-0.39, 0.29) is 24.1 Å². The largest absolute Gasteiger partial charge is 0.454 e. The normalized spacial score (nSPS) is 16.5. The van der Waals surface area contributed by atoms with Crippen LogP contribution in [0.1, 0.15) is 25.1 Å². The van der Waals surface area contributed by atoms with Crippen LogP contribution in [0.25, 0.3) is 5.57 Å². The molecule has 3 heterocycles. The smallest absolute Gasteiger partial charge is 0.231 e. The number of nitriles is 1. The number of carbonyl (C=O) groups is 1. The number of allylic oxidation sites excluding steroid dienone is 1. The number of carbonyl (C=O) groups excluding carboxylic acids is 1. The van der Waals surface area contributed by atoms with Gasteiger partial charge in [-0.2, -0.15) is 10.5 Å². The first-order valence-corrected chi connectivity index (χ1v) is 8.11. The summed E-state index contributed by atoms with van der Waals surface area (Å²) in [6.45, 7) is 0.765. The van der Waals surface area contributed by atoms with Gasteiger partial charge in [-0.3, -0.25) is 4.79 Å². The van der Waals surface area contributed by atoms with Gasteiger partial charge in [0.15, 0.2) is 11.5 Å². The molecule has 0 bridgehead atoms. The van der Waals surface area contributed by atoms with E-state index < -0.39 is 0 Å². The van der Waals surface area contributed by atoms with Gasteiger partial charge < -0.3 is 19.7 Å². The minimum absolute atomic E-state index is 0.0563. The Morgan fingerprint density at radius 1 is 1.35 bits per heavy atom. The molecule has 1 fully saturated rings. The van der Waals surface area contributed by atoms with Crippen LogP contribution in [0.2, 0.25) is 0 Å². The number of amides is 1. The van der Waals surface area contributed by atoms with Gasteiger partial charge in [-0.25, -0.2) is 0 Å². The average molecular weight is 353 g/mol. The second-order valence-electron chi connectivity index (χ2n) is 5.77. The van der Waals surface area contributed by atoms with Gasteiger partial charge in [0.05, 0.1) is 11.4 Å². The molecule has 132 valence electrons. The highest BCUT2D eigenvalue weighted by Crippen LogP contribution is 2.42. The highest BCUT2D eigenvalue weighted by atomic mass is 16.7.